The highest BCUT2D eigenvalue weighted by Crippen LogP contribution is 2.34. The van der Waals surface area contributed by atoms with E-state index in [9.17, 15) is 5.11 Å². The largest absolute Gasteiger partial charge is 0.396 e. The van der Waals surface area contributed by atoms with Gasteiger partial charge in [0, 0.05) is 18.8 Å². The van der Waals surface area contributed by atoms with Crippen LogP contribution >= 0.6 is 11.6 Å². The molecule has 0 aliphatic heterocycles. The molecule has 2 aromatic heterocycles. The highest BCUT2D eigenvalue weighted by molar-refractivity contribution is 6.33. The molecule has 1 aliphatic carbocycles. The van der Waals surface area contributed by atoms with E-state index >= 15 is 0 Å². The fourth-order valence-corrected chi connectivity index (χ4v) is 3.03. The molecule has 0 unspecified atom stereocenters. The number of hydrogen-bond donors (Lipinski definition) is 1. The highest BCUT2D eigenvalue weighted by Gasteiger charge is 2.23. The molecule has 1 saturated carbocycles. The van der Waals surface area contributed by atoms with E-state index in [2.05, 4.69) is 20.7 Å². The predicted molar refractivity (Wildman–Crippen MR) is 70.6 cm³/mol. The van der Waals surface area contributed by atoms with Crippen molar-refractivity contribution in [2.24, 2.45) is 5.92 Å². The van der Waals surface area contributed by atoms with Crippen LogP contribution in [0.2, 0.25) is 5.15 Å². The lowest BCUT2D eigenvalue weighted by Gasteiger charge is -2.28. The molecule has 3 rings (SSSR count). The van der Waals surface area contributed by atoms with Crippen molar-refractivity contribution in [1.29, 1.82) is 0 Å². The SMILES string of the molecule is OC[C@H]1CC[C@H](n2ccc3c(Cl)ncnc32)CC1. The minimum Gasteiger partial charge on any atom is -0.396 e. The molecular weight excluding hydrogens is 250 g/mol. The molecule has 0 amide bonds. The molecule has 1 N–H and O–H groups in total. The van der Waals surface area contributed by atoms with E-state index < -0.39 is 0 Å². The van der Waals surface area contributed by atoms with Crippen LogP contribution in [0.25, 0.3) is 11.0 Å². The van der Waals surface area contributed by atoms with E-state index in [4.69, 9.17) is 11.6 Å². The standard InChI is InChI=1S/C13H16ClN3O/c14-12-11-5-6-17(13(11)16-8-15-12)10-3-1-9(7-18)2-4-10/h5-6,8-10,18H,1-4,7H2/t9-,10-. The fraction of sp³-hybridized carbons (Fsp3) is 0.538. The summed E-state index contributed by atoms with van der Waals surface area (Å²) in [7, 11) is 0. The average Bonchev–Trinajstić information content (AvgIpc) is 2.84. The Hall–Kier alpha value is -1.13. The van der Waals surface area contributed by atoms with Gasteiger partial charge in [-0.2, -0.15) is 0 Å². The van der Waals surface area contributed by atoms with Crippen molar-refractivity contribution in [2.75, 3.05) is 6.61 Å². The van der Waals surface area contributed by atoms with Crippen molar-refractivity contribution in [3.8, 4) is 0 Å². The van der Waals surface area contributed by atoms with Gasteiger partial charge in [-0.05, 0) is 37.7 Å². The number of hydrogen-bond acceptors (Lipinski definition) is 3. The van der Waals surface area contributed by atoms with Crippen LogP contribution in [0.5, 0.6) is 0 Å². The van der Waals surface area contributed by atoms with Crippen LogP contribution in [-0.4, -0.2) is 26.2 Å². The number of aromatic nitrogens is 3. The van der Waals surface area contributed by atoms with Gasteiger partial charge in [0.05, 0.1) is 5.39 Å². The number of rotatable bonds is 2. The maximum absolute atomic E-state index is 9.17. The summed E-state index contributed by atoms with van der Waals surface area (Å²) in [5, 5.41) is 10.6. The molecule has 4 nitrogen and oxygen atoms in total. The summed E-state index contributed by atoms with van der Waals surface area (Å²) in [5.41, 5.74) is 0.919. The quantitative estimate of drug-likeness (QED) is 0.850. The van der Waals surface area contributed by atoms with Crippen molar-refractivity contribution < 1.29 is 5.11 Å². The highest BCUT2D eigenvalue weighted by atomic mass is 35.5. The summed E-state index contributed by atoms with van der Waals surface area (Å²) in [6.07, 6.45) is 7.92. The number of nitrogens with zero attached hydrogens (tertiary/aromatic N) is 3. The Morgan fingerprint density at radius 2 is 2.06 bits per heavy atom. The zero-order valence-electron chi connectivity index (χ0n) is 10.1. The van der Waals surface area contributed by atoms with E-state index in [0.717, 1.165) is 36.7 Å². The lowest BCUT2D eigenvalue weighted by Crippen LogP contribution is -2.19. The molecule has 1 aliphatic rings. The number of aliphatic hydroxyl groups is 1. The van der Waals surface area contributed by atoms with Gasteiger partial charge in [0.25, 0.3) is 0 Å². The first-order valence-electron chi connectivity index (χ1n) is 6.37. The number of fused-ring (bicyclic) bond motifs is 1. The van der Waals surface area contributed by atoms with Crippen molar-refractivity contribution in [1.82, 2.24) is 14.5 Å². The minimum absolute atomic E-state index is 0.313. The molecule has 2 heterocycles. The van der Waals surface area contributed by atoms with Gasteiger partial charge in [0.2, 0.25) is 0 Å². The van der Waals surface area contributed by atoms with Crippen molar-refractivity contribution in [2.45, 2.75) is 31.7 Å². The van der Waals surface area contributed by atoms with Gasteiger partial charge < -0.3 is 9.67 Å². The van der Waals surface area contributed by atoms with Crippen molar-refractivity contribution in [3.05, 3.63) is 23.7 Å². The summed E-state index contributed by atoms with van der Waals surface area (Å²) >= 11 is 6.06. The first-order valence-corrected chi connectivity index (χ1v) is 6.75. The van der Waals surface area contributed by atoms with Crippen LogP contribution in [0, 0.1) is 5.92 Å². The van der Waals surface area contributed by atoms with Crippen LogP contribution in [0.1, 0.15) is 31.7 Å². The van der Waals surface area contributed by atoms with Crippen LogP contribution in [0.4, 0.5) is 0 Å². The van der Waals surface area contributed by atoms with Gasteiger partial charge in [0.1, 0.15) is 17.1 Å². The minimum atomic E-state index is 0.313. The Morgan fingerprint density at radius 1 is 1.28 bits per heavy atom. The molecular formula is C13H16ClN3O. The third-order valence-corrected chi connectivity index (χ3v) is 4.23. The van der Waals surface area contributed by atoms with Crippen molar-refractivity contribution >= 4 is 22.6 Å². The maximum Gasteiger partial charge on any atom is 0.145 e. The first-order chi connectivity index (χ1) is 8.79. The molecule has 0 bridgehead atoms. The molecule has 96 valence electrons. The second kappa shape index (κ2) is 4.86. The van der Waals surface area contributed by atoms with E-state index in [1.165, 1.54) is 6.33 Å². The van der Waals surface area contributed by atoms with Gasteiger partial charge in [-0.3, -0.25) is 0 Å². The first kappa shape index (κ1) is 11.9. The summed E-state index contributed by atoms with van der Waals surface area (Å²) in [4.78, 5) is 8.33. The third kappa shape index (κ3) is 1.99. The van der Waals surface area contributed by atoms with Gasteiger partial charge in [0.15, 0.2) is 0 Å². The zero-order chi connectivity index (χ0) is 12.5. The third-order valence-electron chi connectivity index (χ3n) is 3.93. The Kier molecular flexibility index (Phi) is 3.22. The summed E-state index contributed by atoms with van der Waals surface area (Å²) < 4.78 is 2.20. The van der Waals surface area contributed by atoms with Gasteiger partial charge in [-0.15, -0.1) is 0 Å². The molecule has 0 saturated heterocycles. The van der Waals surface area contributed by atoms with Gasteiger partial charge in [-0.25, -0.2) is 9.97 Å². The van der Waals surface area contributed by atoms with E-state index in [0.29, 0.717) is 23.7 Å². The van der Waals surface area contributed by atoms with Gasteiger partial charge in [-0.1, -0.05) is 11.6 Å². The van der Waals surface area contributed by atoms with Crippen LogP contribution in [0.3, 0.4) is 0 Å². The van der Waals surface area contributed by atoms with E-state index in [1.807, 2.05) is 6.07 Å². The predicted octanol–water partition coefficient (Wildman–Crippen LogP) is 2.81. The van der Waals surface area contributed by atoms with Crippen LogP contribution < -0.4 is 0 Å². The van der Waals surface area contributed by atoms with Crippen LogP contribution in [0.15, 0.2) is 18.6 Å². The second-order valence-electron chi connectivity index (χ2n) is 4.98. The van der Waals surface area contributed by atoms with E-state index in [-0.39, 0.29) is 0 Å². The Bertz CT molecular complexity index is 546. The zero-order valence-corrected chi connectivity index (χ0v) is 10.8. The summed E-state index contributed by atoms with van der Waals surface area (Å²) in [6, 6.07) is 2.45. The van der Waals surface area contributed by atoms with Gasteiger partial charge >= 0.3 is 0 Å². The lowest BCUT2D eigenvalue weighted by atomic mass is 9.86. The fourth-order valence-electron chi connectivity index (χ4n) is 2.84. The average molecular weight is 266 g/mol. The molecule has 5 heteroatoms. The molecule has 0 atom stereocenters. The Morgan fingerprint density at radius 3 is 2.78 bits per heavy atom. The molecule has 0 aromatic carbocycles. The number of aliphatic hydroxyl groups excluding tert-OH is 1. The monoisotopic (exact) mass is 265 g/mol. The second-order valence-corrected chi connectivity index (χ2v) is 5.34. The molecule has 18 heavy (non-hydrogen) atoms. The lowest BCUT2D eigenvalue weighted by molar-refractivity contribution is 0.170. The van der Waals surface area contributed by atoms with E-state index in [1.54, 1.807) is 0 Å². The molecule has 1 fully saturated rings. The molecule has 2 aromatic rings. The van der Waals surface area contributed by atoms with Crippen LogP contribution in [-0.2, 0) is 0 Å². The molecule has 0 spiro atoms. The topological polar surface area (TPSA) is 50.9 Å². The normalized spacial score (nSPS) is 24.6. The Labute approximate surface area is 111 Å². The smallest absolute Gasteiger partial charge is 0.145 e. The maximum atomic E-state index is 9.17. The Balaban J connectivity index is 1.89. The summed E-state index contributed by atoms with van der Waals surface area (Å²) in [6.45, 7) is 0.313. The molecule has 0 radical (unpaired) electrons. The number of halogens is 1. The van der Waals surface area contributed by atoms with Crippen molar-refractivity contribution in [3.63, 3.8) is 0 Å². The summed E-state index contributed by atoms with van der Waals surface area (Å²) in [5.74, 6) is 0.473.